The fraction of sp³-hybridized carbons (Fsp3) is 0.304. The van der Waals surface area contributed by atoms with E-state index < -0.39 is 10.0 Å². The summed E-state index contributed by atoms with van der Waals surface area (Å²) < 4.78 is 41.7. The van der Waals surface area contributed by atoms with E-state index in [0.717, 1.165) is 16.6 Å². The highest BCUT2D eigenvalue weighted by atomic mass is 32.2. The average Bonchev–Trinajstić information content (AvgIpc) is 3.14. The molecule has 0 spiro atoms. The minimum Gasteiger partial charge on any atom is -0.493 e. The number of rotatable bonds is 9. The first-order valence-corrected chi connectivity index (χ1v) is 12.2. The van der Waals surface area contributed by atoms with Crippen molar-refractivity contribution in [2.45, 2.75) is 13.3 Å². The number of nitrogens with zero attached hydrogens (tertiary/aromatic N) is 3. The lowest BCUT2D eigenvalue weighted by Crippen LogP contribution is -2.27. The van der Waals surface area contributed by atoms with Gasteiger partial charge in [-0.2, -0.15) is 0 Å². The number of nitrogens with one attached hydrogen (secondary N) is 1. The Bertz CT molecular complexity index is 1400. The van der Waals surface area contributed by atoms with Crippen LogP contribution in [0.2, 0.25) is 0 Å². The highest BCUT2D eigenvalue weighted by Gasteiger charge is 2.14. The van der Waals surface area contributed by atoms with Crippen molar-refractivity contribution in [1.29, 1.82) is 0 Å². The van der Waals surface area contributed by atoms with Gasteiger partial charge in [0.25, 0.3) is 0 Å². The molecule has 0 saturated heterocycles. The largest absolute Gasteiger partial charge is 0.493 e. The zero-order valence-corrected chi connectivity index (χ0v) is 19.8. The average molecular weight is 471 g/mol. The SMILES string of the molecule is COc1cc2c(Oc3ccc4[nH]c(C)cc4c3)ncnc2cc1OCCCN(C)S(C)(=O)=O. The number of hydrogen-bond donors (Lipinski definition) is 1. The Balaban J connectivity index is 1.54. The molecule has 0 bridgehead atoms. The van der Waals surface area contributed by atoms with Crippen LogP contribution in [-0.2, 0) is 10.0 Å². The van der Waals surface area contributed by atoms with Crippen LogP contribution in [0.3, 0.4) is 0 Å². The van der Waals surface area contributed by atoms with Crippen LogP contribution in [-0.4, -0.2) is 61.2 Å². The zero-order chi connectivity index (χ0) is 23.6. The van der Waals surface area contributed by atoms with Gasteiger partial charge in [0, 0.05) is 36.3 Å². The highest BCUT2D eigenvalue weighted by molar-refractivity contribution is 7.88. The van der Waals surface area contributed by atoms with Crippen molar-refractivity contribution in [3.63, 3.8) is 0 Å². The van der Waals surface area contributed by atoms with Crippen LogP contribution in [0.4, 0.5) is 0 Å². The van der Waals surface area contributed by atoms with E-state index in [0.29, 0.717) is 53.6 Å². The summed E-state index contributed by atoms with van der Waals surface area (Å²) in [5.41, 5.74) is 2.76. The van der Waals surface area contributed by atoms with Gasteiger partial charge in [-0.25, -0.2) is 22.7 Å². The van der Waals surface area contributed by atoms with E-state index in [9.17, 15) is 8.42 Å². The molecular formula is C23H26N4O5S. The Morgan fingerprint density at radius 1 is 1.09 bits per heavy atom. The summed E-state index contributed by atoms with van der Waals surface area (Å²) in [6.07, 6.45) is 3.15. The van der Waals surface area contributed by atoms with Crippen molar-refractivity contribution in [1.82, 2.24) is 19.3 Å². The third-order valence-electron chi connectivity index (χ3n) is 5.27. The number of aromatic amines is 1. The Morgan fingerprint density at radius 2 is 1.91 bits per heavy atom. The molecule has 0 atom stereocenters. The molecule has 0 fully saturated rings. The lowest BCUT2D eigenvalue weighted by molar-refractivity contribution is 0.280. The molecule has 2 heterocycles. The van der Waals surface area contributed by atoms with Crippen molar-refractivity contribution in [2.24, 2.45) is 0 Å². The van der Waals surface area contributed by atoms with Crippen LogP contribution < -0.4 is 14.2 Å². The van der Waals surface area contributed by atoms with Crippen LogP contribution in [0.15, 0.2) is 42.7 Å². The molecule has 174 valence electrons. The van der Waals surface area contributed by atoms with Gasteiger partial charge in [0.15, 0.2) is 11.5 Å². The van der Waals surface area contributed by atoms with Crippen molar-refractivity contribution in [3.8, 4) is 23.1 Å². The second kappa shape index (κ2) is 9.24. The Kier molecular flexibility index (Phi) is 6.39. The Labute approximate surface area is 192 Å². The first-order chi connectivity index (χ1) is 15.7. The van der Waals surface area contributed by atoms with Crippen LogP contribution >= 0.6 is 0 Å². The molecular weight excluding hydrogens is 444 g/mol. The summed E-state index contributed by atoms with van der Waals surface area (Å²) in [6.45, 7) is 2.69. The quantitative estimate of drug-likeness (QED) is 0.370. The summed E-state index contributed by atoms with van der Waals surface area (Å²) in [7, 11) is -0.116. The molecule has 2 aromatic carbocycles. The monoisotopic (exact) mass is 470 g/mol. The van der Waals surface area contributed by atoms with E-state index in [4.69, 9.17) is 14.2 Å². The molecule has 2 aromatic heterocycles. The predicted octanol–water partition coefficient (Wildman–Crippen LogP) is 3.88. The molecule has 0 radical (unpaired) electrons. The van der Waals surface area contributed by atoms with Gasteiger partial charge in [0.05, 0.1) is 30.9 Å². The lowest BCUT2D eigenvalue weighted by Gasteiger charge is -2.15. The topological polar surface area (TPSA) is 107 Å². The molecule has 0 amide bonds. The smallest absolute Gasteiger partial charge is 0.230 e. The molecule has 0 unspecified atom stereocenters. The Hall–Kier alpha value is -3.37. The van der Waals surface area contributed by atoms with Crippen LogP contribution in [0.1, 0.15) is 12.1 Å². The third kappa shape index (κ3) is 5.18. The summed E-state index contributed by atoms with van der Waals surface area (Å²) in [5, 5.41) is 1.74. The van der Waals surface area contributed by atoms with Crippen molar-refractivity contribution >= 4 is 31.8 Å². The number of methoxy groups -OCH3 is 1. The molecule has 0 aliphatic heterocycles. The summed E-state index contributed by atoms with van der Waals surface area (Å²) in [4.78, 5) is 11.9. The molecule has 33 heavy (non-hydrogen) atoms. The summed E-state index contributed by atoms with van der Waals surface area (Å²) in [5.74, 6) is 2.10. The normalized spacial score (nSPS) is 11.9. The van der Waals surface area contributed by atoms with Crippen molar-refractivity contribution in [3.05, 3.63) is 48.4 Å². The number of aryl methyl sites for hydroxylation is 1. The summed E-state index contributed by atoms with van der Waals surface area (Å²) in [6, 6.07) is 11.4. The third-order valence-corrected chi connectivity index (χ3v) is 6.58. The predicted molar refractivity (Wildman–Crippen MR) is 127 cm³/mol. The fourth-order valence-electron chi connectivity index (χ4n) is 3.46. The lowest BCUT2D eigenvalue weighted by atomic mass is 10.2. The van der Waals surface area contributed by atoms with E-state index in [-0.39, 0.29) is 0 Å². The van der Waals surface area contributed by atoms with E-state index in [1.807, 2.05) is 25.1 Å². The van der Waals surface area contributed by atoms with E-state index >= 15 is 0 Å². The van der Waals surface area contributed by atoms with Gasteiger partial charge in [0.2, 0.25) is 15.9 Å². The molecule has 0 aliphatic rings. The molecule has 9 nitrogen and oxygen atoms in total. The van der Waals surface area contributed by atoms with E-state index in [1.54, 1.807) is 26.3 Å². The maximum atomic E-state index is 11.5. The number of aromatic nitrogens is 3. The number of ether oxygens (including phenoxy) is 3. The number of fused-ring (bicyclic) bond motifs is 2. The second-order valence-corrected chi connectivity index (χ2v) is 9.88. The minimum atomic E-state index is -3.21. The van der Waals surface area contributed by atoms with Crippen LogP contribution in [0, 0.1) is 6.92 Å². The molecule has 4 aromatic rings. The van der Waals surface area contributed by atoms with Gasteiger partial charge in [-0.05, 0) is 43.7 Å². The maximum Gasteiger partial charge on any atom is 0.230 e. The van der Waals surface area contributed by atoms with Gasteiger partial charge >= 0.3 is 0 Å². The van der Waals surface area contributed by atoms with Crippen molar-refractivity contribution in [2.75, 3.05) is 33.6 Å². The van der Waals surface area contributed by atoms with Crippen LogP contribution in [0.5, 0.6) is 23.1 Å². The highest BCUT2D eigenvalue weighted by Crippen LogP contribution is 2.36. The van der Waals surface area contributed by atoms with Crippen molar-refractivity contribution < 1.29 is 22.6 Å². The van der Waals surface area contributed by atoms with Gasteiger partial charge in [-0.15, -0.1) is 0 Å². The number of H-pyrrole nitrogens is 1. The van der Waals surface area contributed by atoms with E-state index in [2.05, 4.69) is 21.0 Å². The number of sulfonamides is 1. The molecule has 1 N–H and O–H groups in total. The minimum absolute atomic E-state index is 0.326. The van der Waals surface area contributed by atoms with Gasteiger partial charge < -0.3 is 19.2 Å². The zero-order valence-electron chi connectivity index (χ0n) is 19.0. The summed E-state index contributed by atoms with van der Waals surface area (Å²) >= 11 is 0. The first kappa shape index (κ1) is 22.8. The molecule has 0 saturated carbocycles. The molecule has 0 aliphatic carbocycles. The fourth-order valence-corrected chi connectivity index (χ4v) is 3.92. The molecule has 4 rings (SSSR count). The first-order valence-electron chi connectivity index (χ1n) is 10.4. The second-order valence-electron chi connectivity index (χ2n) is 7.79. The van der Waals surface area contributed by atoms with Gasteiger partial charge in [0.1, 0.15) is 12.1 Å². The maximum absolute atomic E-state index is 11.5. The Morgan fingerprint density at radius 3 is 2.67 bits per heavy atom. The molecule has 10 heteroatoms. The van der Waals surface area contributed by atoms with Gasteiger partial charge in [-0.3, -0.25) is 0 Å². The van der Waals surface area contributed by atoms with Crippen LogP contribution in [0.25, 0.3) is 21.8 Å². The van der Waals surface area contributed by atoms with Gasteiger partial charge in [-0.1, -0.05) is 0 Å². The van der Waals surface area contributed by atoms with E-state index in [1.165, 1.54) is 16.9 Å². The standard InChI is InChI=1S/C23H26N4O5S/c1-15-10-16-11-17(6-7-19(16)26-15)32-23-18-12-21(30-3)22(13-20(18)24-14-25-23)31-9-5-8-27(2)33(4,28)29/h6-7,10-14,26H,5,8-9H2,1-4H3. The number of hydrogen-bond acceptors (Lipinski definition) is 7. The number of benzene rings is 2.